The maximum atomic E-state index is 12.7. The summed E-state index contributed by atoms with van der Waals surface area (Å²) in [6, 6.07) is 4.70. The highest BCUT2D eigenvalue weighted by atomic mass is 16.7. The molecule has 3 rings (SSSR count). The number of rotatable bonds is 5. The van der Waals surface area contributed by atoms with Crippen molar-refractivity contribution in [2.75, 3.05) is 6.61 Å². The third-order valence-corrected chi connectivity index (χ3v) is 4.10. The molecule has 2 aliphatic rings. The zero-order valence-corrected chi connectivity index (χ0v) is 15.1. The van der Waals surface area contributed by atoms with Gasteiger partial charge in [0.2, 0.25) is 6.41 Å². The molecule has 9 nitrogen and oxygen atoms in total. The Morgan fingerprint density at radius 1 is 1.19 bits per heavy atom. The van der Waals surface area contributed by atoms with Crippen molar-refractivity contribution in [2.45, 2.75) is 45.4 Å². The molecule has 1 saturated heterocycles. The molecule has 0 saturated carbocycles. The molecule has 0 aromatic heterocycles. The Morgan fingerprint density at radius 3 is 2.30 bits per heavy atom. The van der Waals surface area contributed by atoms with Crippen molar-refractivity contribution in [3.8, 4) is 0 Å². The molecule has 1 fully saturated rings. The van der Waals surface area contributed by atoms with Gasteiger partial charge < -0.3 is 19.5 Å². The van der Waals surface area contributed by atoms with Crippen LogP contribution in [0.3, 0.4) is 0 Å². The number of nitrogens with one attached hydrogen (secondary N) is 1. The molecule has 0 radical (unpaired) electrons. The standard InChI is InChI=1S/C18H20N2O7/c1-4-25-17(24)13-12(14(21)19-18(27-13)26-9(2)3)20-15(22)10-7-5-6-8-11(10)16(20)23/h5-9,12-13,18H,4H2,1-3H3,(H,19,21)/t12-,13-,18+/m1/s1. The fourth-order valence-corrected chi connectivity index (χ4v) is 3.02. The smallest absolute Gasteiger partial charge is 0.338 e. The summed E-state index contributed by atoms with van der Waals surface area (Å²) in [5, 5.41) is 2.43. The van der Waals surface area contributed by atoms with E-state index in [9.17, 15) is 19.2 Å². The quantitative estimate of drug-likeness (QED) is 0.586. The summed E-state index contributed by atoms with van der Waals surface area (Å²) in [6.07, 6.45) is -2.99. The molecule has 0 aliphatic carbocycles. The minimum Gasteiger partial charge on any atom is -0.464 e. The molecular formula is C18H20N2O7. The van der Waals surface area contributed by atoms with E-state index in [1.54, 1.807) is 32.9 Å². The van der Waals surface area contributed by atoms with E-state index in [0.717, 1.165) is 4.90 Å². The first-order chi connectivity index (χ1) is 12.8. The zero-order valence-electron chi connectivity index (χ0n) is 15.1. The van der Waals surface area contributed by atoms with Gasteiger partial charge >= 0.3 is 5.97 Å². The Kier molecular flexibility index (Phi) is 5.24. The lowest BCUT2D eigenvalue weighted by Crippen LogP contribution is -2.66. The second-order valence-corrected chi connectivity index (χ2v) is 6.30. The fourth-order valence-electron chi connectivity index (χ4n) is 3.02. The summed E-state index contributed by atoms with van der Waals surface area (Å²) in [4.78, 5) is 51.3. The van der Waals surface area contributed by atoms with E-state index >= 15 is 0 Å². The summed E-state index contributed by atoms with van der Waals surface area (Å²) in [7, 11) is 0. The lowest BCUT2D eigenvalue weighted by molar-refractivity contribution is -0.235. The average molecular weight is 376 g/mol. The van der Waals surface area contributed by atoms with Crippen LogP contribution in [0.2, 0.25) is 0 Å². The molecular weight excluding hydrogens is 356 g/mol. The van der Waals surface area contributed by atoms with E-state index in [-0.39, 0.29) is 23.8 Å². The monoisotopic (exact) mass is 376 g/mol. The van der Waals surface area contributed by atoms with Crippen LogP contribution in [0.5, 0.6) is 0 Å². The van der Waals surface area contributed by atoms with Gasteiger partial charge in [0.15, 0.2) is 12.1 Å². The number of carbonyl (C=O) groups excluding carboxylic acids is 4. The molecule has 1 N–H and O–H groups in total. The molecule has 0 unspecified atom stereocenters. The molecule has 1 aromatic carbocycles. The summed E-state index contributed by atoms with van der Waals surface area (Å²) in [5.41, 5.74) is 0.330. The predicted octanol–water partition coefficient (Wildman–Crippen LogP) is 0.438. The largest absolute Gasteiger partial charge is 0.464 e. The molecule has 2 aliphatic heterocycles. The molecule has 144 valence electrons. The van der Waals surface area contributed by atoms with E-state index in [1.165, 1.54) is 12.1 Å². The number of esters is 1. The molecule has 3 atom stereocenters. The van der Waals surface area contributed by atoms with Crippen LogP contribution in [0.4, 0.5) is 0 Å². The van der Waals surface area contributed by atoms with Gasteiger partial charge in [-0.2, -0.15) is 0 Å². The lowest BCUT2D eigenvalue weighted by atomic mass is 10.1. The SMILES string of the molecule is CCOC(=O)[C@@H]1O[C@H](OC(C)C)NC(=O)[C@@H]1N1C(=O)c2ccccc2C1=O. The molecule has 2 heterocycles. The van der Waals surface area contributed by atoms with Crippen LogP contribution < -0.4 is 5.32 Å². The number of benzene rings is 1. The maximum absolute atomic E-state index is 12.7. The molecule has 0 bridgehead atoms. The van der Waals surface area contributed by atoms with Crippen molar-refractivity contribution in [3.05, 3.63) is 35.4 Å². The van der Waals surface area contributed by atoms with Crippen LogP contribution in [-0.2, 0) is 23.8 Å². The van der Waals surface area contributed by atoms with E-state index in [4.69, 9.17) is 14.2 Å². The van der Waals surface area contributed by atoms with Crippen LogP contribution in [0.1, 0.15) is 41.5 Å². The Bertz CT molecular complexity index is 757. The van der Waals surface area contributed by atoms with Gasteiger partial charge in [-0.1, -0.05) is 12.1 Å². The highest BCUT2D eigenvalue weighted by Crippen LogP contribution is 2.28. The number of imide groups is 1. The number of amides is 3. The third-order valence-electron chi connectivity index (χ3n) is 4.10. The lowest BCUT2D eigenvalue weighted by Gasteiger charge is -2.38. The molecule has 9 heteroatoms. The van der Waals surface area contributed by atoms with Gasteiger partial charge in [-0.3, -0.25) is 19.3 Å². The Balaban J connectivity index is 1.94. The minimum absolute atomic E-state index is 0.0465. The van der Waals surface area contributed by atoms with Crippen LogP contribution >= 0.6 is 0 Å². The van der Waals surface area contributed by atoms with Crippen molar-refractivity contribution < 1.29 is 33.4 Å². The second-order valence-electron chi connectivity index (χ2n) is 6.30. The predicted molar refractivity (Wildman–Crippen MR) is 90.4 cm³/mol. The first-order valence-electron chi connectivity index (χ1n) is 8.60. The Hall–Kier alpha value is -2.78. The van der Waals surface area contributed by atoms with Gasteiger partial charge in [-0.05, 0) is 32.9 Å². The number of ether oxygens (including phenoxy) is 3. The summed E-state index contributed by atoms with van der Waals surface area (Å²) in [6.45, 7) is 5.10. The van der Waals surface area contributed by atoms with Gasteiger partial charge in [0, 0.05) is 0 Å². The van der Waals surface area contributed by atoms with Crippen molar-refractivity contribution in [3.63, 3.8) is 0 Å². The van der Waals surface area contributed by atoms with Crippen molar-refractivity contribution in [1.82, 2.24) is 10.2 Å². The van der Waals surface area contributed by atoms with Gasteiger partial charge in [-0.25, -0.2) is 4.79 Å². The average Bonchev–Trinajstić information content (AvgIpc) is 2.86. The van der Waals surface area contributed by atoms with E-state index in [1.807, 2.05) is 0 Å². The Morgan fingerprint density at radius 2 is 1.78 bits per heavy atom. The first-order valence-corrected chi connectivity index (χ1v) is 8.60. The van der Waals surface area contributed by atoms with E-state index in [2.05, 4.69) is 5.32 Å². The first kappa shape index (κ1) is 19.0. The number of hydrogen-bond donors (Lipinski definition) is 1. The molecule has 27 heavy (non-hydrogen) atoms. The van der Waals surface area contributed by atoms with Crippen LogP contribution in [0, 0.1) is 0 Å². The highest BCUT2D eigenvalue weighted by molar-refractivity contribution is 6.23. The molecule has 3 amide bonds. The van der Waals surface area contributed by atoms with Crippen molar-refractivity contribution >= 4 is 23.7 Å². The highest BCUT2D eigenvalue weighted by Gasteiger charge is 2.52. The van der Waals surface area contributed by atoms with Crippen molar-refractivity contribution in [1.29, 1.82) is 0 Å². The number of carbonyl (C=O) groups is 4. The summed E-state index contributed by atoms with van der Waals surface area (Å²) in [5.74, 6) is -2.93. The summed E-state index contributed by atoms with van der Waals surface area (Å²) >= 11 is 0. The number of nitrogens with zero attached hydrogens (tertiary/aromatic N) is 1. The Labute approximate surface area is 155 Å². The normalized spacial score (nSPS) is 24.8. The maximum Gasteiger partial charge on any atom is 0.338 e. The summed E-state index contributed by atoms with van der Waals surface area (Å²) < 4.78 is 15.9. The number of hydrogen-bond acceptors (Lipinski definition) is 7. The van der Waals surface area contributed by atoms with Gasteiger partial charge in [0.05, 0.1) is 23.8 Å². The zero-order chi connectivity index (χ0) is 19.7. The van der Waals surface area contributed by atoms with E-state index in [0.29, 0.717) is 0 Å². The third kappa shape index (κ3) is 3.43. The fraction of sp³-hybridized carbons (Fsp3) is 0.444. The van der Waals surface area contributed by atoms with Gasteiger partial charge in [-0.15, -0.1) is 0 Å². The van der Waals surface area contributed by atoms with E-state index < -0.39 is 42.3 Å². The minimum atomic E-state index is -1.50. The van der Waals surface area contributed by atoms with Crippen LogP contribution in [0.15, 0.2) is 24.3 Å². The molecule has 1 aromatic rings. The topological polar surface area (TPSA) is 111 Å². The van der Waals surface area contributed by atoms with Gasteiger partial charge in [0.25, 0.3) is 17.7 Å². The molecule has 0 spiro atoms. The number of fused-ring (bicyclic) bond motifs is 1. The second kappa shape index (κ2) is 7.45. The van der Waals surface area contributed by atoms with Crippen LogP contribution in [0.25, 0.3) is 0 Å². The van der Waals surface area contributed by atoms with Crippen molar-refractivity contribution in [2.24, 2.45) is 0 Å². The van der Waals surface area contributed by atoms with Crippen LogP contribution in [-0.4, -0.2) is 59.9 Å². The van der Waals surface area contributed by atoms with Gasteiger partial charge in [0.1, 0.15) is 0 Å².